The summed E-state index contributed by atoms with van der Waals surface area (Å²) in [7, 11) is 0. The number of para-hydroxylation sites is 2. The van der Waals surface area contributed by atoms with E-state index in [-0.39, 0.29) is 22.8 Å². The molecule has 2 N–H and O–H groups in total. The molecule has 0 radical (unpaired) electrons. The Morgan fingerprint density at radius 2 is 1.94 bits per heavy atom. The molecule has 0 bridgehead atoms. The molecule has 2 unspecified atom stereocenters. The zero-order valence-electron chi connectivity index (χ0n) is 17.6. The molecule has 2 aliphatic rings. The Morgan fingerprint density at radius 1 is 1.26 bits per heavy atom. The van der Waals surface area contributed by atoms with Crippen LogP contribution in [0.1, 0.15) is 40.0 Å². The highest BCUT2D eigenvalue weighted by Gasteiger charge is 2.56. The molecule has 1 saturated carbocycles. The molecule has 3 rings (SSSR count). The number of benzene rings is 1. The minimum atomic E-state index is -4.53. The SMILES string of the molecule is CC1CC(C)(C)CC2(C1)NC(=O)N(CC(=O)Nc1ccccc1OCC(F)(F)F)C2=O. The lowest BCUT2D eigenvalue weighted by Crippen LogP contribution is -2.54. The molecule has 1 aromatic rings. The number of anilines is 1. The summed E-state index contributed by atoms with van der Waals surface area (Å²) in [5.74, 6) is -1.11. The van der Waals surface area contributed by atoms with Crippen molar-refractivity contribution in [1.29, 1.82) is 0 Å². The van der Waals surface area contributed by atoms with Crippen LogP contribution < -0.4 is 15.4 Å². The minimum Gasteiger partial charge on any atom is -0.482 e. The van der Waals surface area contributed by atoms with Crippen LogP contribution in [0.4, 0.5) is 23.7 Å². The second kappa shape index (κ2) is 8.05. The summed E-state index contributed by atoms with van der Waals surface area (Å²) in [4.78, 5) is 39.0. The predicted molar refractivity (Wildman–Crippen MR) is 106 cm³/mol. The number of carbonyl (C=O) groups is 3. The van der Waals surface area contributed by atoms with E-state index in [1.54, 1.807) is 0 Å². The van der Waals surface area contributed by atoms with Gasteiger partial charge in [-0.2, -0.15) is 13.2 Å². The average molecular weight is 441 g/mol. The fraction of sp³-hybridized carbons (Fsp3) is 0.571. The topological polar surface area (TPSA) is 87.7 Å². The fourth-order valence-electron chi connectivity index (χ4n) is 4.84. The zero-order chi connectivity index (χ0) is 23.0. The third kappa shape index (κ3) is 5.29. The third-order valence-electron chi connectivity index (χ3n) is 5.48. The smallest absolute Gasteiger partial charge is 0.422 e. The summed E-state index contributed by atoms with van der Waals surface area (Å²) in [6.07, 6.45) is -2.64. The van der Waals surface area contributed by atoms with E-state index < -0.39 is 42.7 Å². The highest BCUT2D eigenvalue weighted by Crippen LogP contribution is 2.46. The highest BCUT2D eigenvalue weighted by atomic mass is 19.4. The second-order valence-electron chi connectivity index (χ2n) is 9.21. The molecule has 2 fully saturated rings. The van der Waals surface area contributed by atoms with E-state index >= 15 is 0 Å². The van der Waals surface area contributed by atoms with E-state index in [0.717, 1.165) is 11.3 Å². The van der Waals surface area contributed by atoms with Gasteiger partial charge >= 0.3 is 12.2 Å². The van der Waals surface area contributed by atoms with Crippen molar-refractivity contribution in [3.8, 4) is 5.75 Å². The summed E-state index contributed by atoms with van der Waals surface area (Å²) < 4.78 is 42.1. The highest BCUT2D eigenvalue weighted by molar-refractivity contribution is 6.10. The number of carbonyl (C=O) groups excluding carboxylic acids is 3. The van der Waals surface area contributed by atoms with Gasteiger partial charge in [0.1, 0.15) is 17.8 Å². The van der Waals surface area contributed by atoms with Crippen molar-refractivity contribution in [3.63, 3.8) is 0 Å². The maximum absolute atomic E-state index is 13.1. The summed E-state index contributed by atoms with van der Waals surface area (Å²) in [5.41, 5.74) is -1.16. The van der Waals surface area contributed by atoms with Gasteiger partial charge in [0.25, 0.3) is 5.91 Å². The van der Waals surface area contributed by atoms with Gasteiger partial charge in [-0.3, -0.25) is 14.5 Å². The van der Waals surface area contributed by atoms with Crippen molar-refractivity contribution >= 4 is 23.5 Å². The number of hydrogen-bond acceptors (Lipinski definition) is 4. The van der Waals surface area contributed by atoms with E-state index in [1.165, 1.54) is 24.3 Å². The molecule has 170 valence electrons. The Hall–Kier alpha value is -2.78. The molecular weight excluding hydrogens is 415 g/mol. The van der Waals surface area contributed by atoms with E-state index in [4.69, 9.17) is 4.74 Å². The number of imide groups is 1. The van der Waals surface area contributed by atoms with E-state index in [9.17, 15) is 27.6 Å². The molecule has 1 spiro atoms. The normalized spacial score (nSPS) is 25.5. The number of nitrogens with zero attached hydrogens (tertiary/aromatic N) is 1. The van der Waals surface area contributed by atoms with Crippen molar-refractivity contribution in [2.75, 3.05) is 18.5 Å². The summed E-state index contributed by atoms with van der Waals surface area (Å²) in [6, 6.07) is 5.00. The standard InChI is InChI=1S/C21H26F3N3O4/c1-13-8-19(2,3)11-20(9-13)17(29)27(18(30)26-20)10-16(28)25-14-6-4-5-7-15(14)31-12-21(22,23)24/h4-7,13H,8-12H2,1-3H3,(H,25,28)(H,26,30). The Kier molecular flexibility index (Phi) is 5.94. The number of ether oxygens (including phenoxy) is 1. The van der Waals surface area contributed by atoms with Crippen LogP contribution in [0.2, 0.25) is 0 Å². The summed E-state index contributed by atoms with van der Waals surface area (Å²) in [5, 5.41) is 5.21. The maximum Gasteiger partial charge on any atom is 0.422 e. The largest absolute Gasteiger partial charge is 0.482 e. The first kappa shape index (κ1) is 22.9. The number of alkyl halides is 3. The third-order valence-corrected chi connectivity index (χ3v) is 5.48. The molecule has 10 heteroatoms. The predicted octanol–water partition coefficient (Wildman–Crippen LogP) is 3.70. The van der Waals surface area contributed by atoms with Gasteiger partial charge in [0, 0.05) is 0 Å². The first-order chi connectivity index (χ1) is 14.3. The van der Waals surface area contributed by atoms with Crippen molar-refractivity contribution < 1.29 is 32.3 Å². The van der Waals surface area contributed by atoms with Gasteiger partial charge in [-0.05, 0) is 42.7 Å². The lowest BCUT2D eigenvalue weighted by molar-refractivity contribution is -0.153. The fourth-order valence-corrected chi connectivity index (χ4v) is 4.84. The molecule has 2 atom stereocenters. The van der Waals surface area contributed by atoms with Crippen LogP contribution >= 0.6 is 0 Å². The minimum absolute atomic E-state index is 0.0194. The zero-order valence-corrected chi connectivity index (χ0v) is 17.6. The van der Waals surface area contributed by atoms with Crippen molar-refractivity contribution in [1.82, 2.24) is 10.2 Å². The molecule has 1 aliphatic carbocycles. The van der Waals surface area contributed by atoms with Crippen molar-refractivity contribution in [2.24, 2.45) is 11.3 Å². The first-order valence-electron chi connectivity index (χ1n) is 10.0. The lowest BCUT2D eigenvalue weighted by atomic mass is 9.64. The summed E-state index contributed by atoms with van der Waals surface area (Å²) >= 11 is 0. The molecule has 1 aliphatic heterocycles. The Morgan fingerprint density at radius 3 is 2.58 bits per heavy atom. The molecular formula is C21H26F3N3O4. The molecule has 4 amide bonds. The van der Waals surface area contributed by atoms with E-state index in [0.29, 0.717) is 12.8 Å². The number of nitrogens with one attached hydrogen (secondary N) is 2. The van der Waals surface area contributed by atoms with Crippen LogP contribution in [0, 0.1) is 11.3 Å². The number of halogens is 3. The molecule has 0 aromatic heterocycles. The van der Waals surface area contributed by atoms with Gasteiger partial charge in [-0.15, -0.1) is 0 Å². The maximum atomic E-state index is 13.1. The van der Waals surface area contributed by atoms with Gasteiger partial charge in [0.15, 0.2) is 6.61 Å². The molecule has 1 aromatic carbocycles. The van der Waals surface area contributed by atoms with Crippen LogP contribution in [0.5, 0.6) is 5.75 Å². The van der Waals surface area contributed by atoms with Gasteiger partial charge in [0.2, 0.25) is 5.91 Å². The van der Waals surface area contributed by atoms with Crippen LogP contribution in [0.15, 0.2) is 24.3 Å². The average Bonchev–Trinajstić information content (AvgIpc) is 2.82. The van der Waals surface area contributed by atoms with Crippen LogP contribution in [0.3, 0.4) is 0 Å². The van der Waals surface area contributed by atoms with Crippen molar-refractivity contribution in [2.45, 2.75) is 51.7 Å². The van der Waals surface area contributed by atoms with Crippen LogP contribution in [-0.4, -0.2) is 47.6 Å². The quantitative estimate of drug-likeness (QED) is 0.682. The molecule has 7 nitrogen and oxygen atoms in total. The molecule has 1 saturated heterocycles. The number of hydrogen-bond donors (Lipinski definition) is 2. The van der Waals surface area contributed by atoms with Gasteiger partial charge in [-0.25, -0.2) is 4.79 Å². The van der Waals surface area contributed by atoms with Gasteiger partial charge < -0.3 is 15.4 Å². The lowest BCUT2D eigenvalue weighted by Gasteiger charge is -2.43. The van der Waals surface area contributed by atoms with Crippen molar-refractivity contribution in [3.05, 3.63) is 24.3 Å². The molecule has 1 heterocycles. The van der Waals surface area contributed by atoms with E-state index in [2.05, 4.69) is 10.6 Å². The number of rotatable bonds is 5. The van der Waals surface area contributed by atoms with Gasteiger partial charge in [0.05, 0.1) is 5.69 Å². The van der Waals surface area contributed by atoms with Gasteiger partial charge in [-0.1, -0.05) is 32.9 Å². The Balaban J connectivity index is 1.69. The Bertz CT molecular complexity index is 887. The van der Waals surface area contributed by atoms with Crippen LogP contribution in [-0.2, 0) is 9.59 Å². The molecule has 31 heavy (non-hydrogen) atoms. The number of urea groups is 1. The monoisotopic (exact) mass is 441 g/mol. The number of amides is 4. The Labute approximate surface area is 178 Å². The van der Waals surface area contributed by atoms with Crippen LogP contribution in [0.25, 0.3) is 0 Å². The summed E-state index contributed by atoms with van der Waals surface area (Å²) in [6.45, 7) is 4.04. The van der Waals surface area contributed by atoms with E-state index in [1.807, 2.05) is 20.8 Å². The second-order valence-corrected chi connectivity index (χ2v) is 9.21. The first-order valence-corrected chi connectivity index (χ1v) is 10.0.